The Morgan fingerprint density at radius 3 is 2.46 bits per heavy atom. The predicted octanol–water partition coefficient (Wildman–Crippen LogP) is 6.03. The van der Waals surface area contributed by atoms with E-state index in [9.17, 15) is 9.59 Å². The molecule has 0 aromatic heterocycles. The molecule has 3 N–H and O–H groups in total. The van der Waals surface area contributed by atoms with Crippen molar-refractivity contribution >= 4 is 29.0 Å². The van der Waals surface area contributed by atoms with Crippen molar-refractivity contribution in [2.45, 2.75) is 64.8 Å². The molecule has 2 aromatic carbocycles. The number of nitrogens with one attached hydrogen (secondary N) is 3. The summed E-state index contributed by atoms with van der Waals surface area (Å²) in [5, 5.41) is 9.00. The molecule has 0 unspecified atom stereocenters. The van der Waals surface area contributed by atoms with Crippen LogP contribution in [0.3, 0.4) is 0 Å². The van der Waals surface area contributed by atoms with E-state index in [1.54, 1.807) is 12.1 Å². The molecular formula is C28H38N4O3. The lowest BCUT2D eigenvalue weighted by molar-refractivity contribution is 0.0928. The summed E-state index contributed by atoms with van der Waals surface area (Å²) in [5.41, 5.74) is 2.75. The van der Waals surface area contributed by atoms with Crippen molar-refractivity contribution in [2.24, 2.45) is 5.92 Å². The zero-order valence-electron chi connectivity index (χ0n) is 20.9. The van der Waals surface area contributed by atoms with E-state index in [0.717, 1.165) is 57.3 Å². The zero-order valence-corrected chi connectivity index (χ0v) is 20.9. The molecule has 1 aliphatic carbocycles. The van der Waals surface area contributed by atoms with Crippen LogP contribution in [0.15, 0.2) is 42.5 Å². The number of anilines is 3. The number of rotatable bonds is 7. The fourth-order valence-corrected chi connectivity index (χ4v) is 4.97. The van der Waals surface area contributed by atoms with Gasteiger partial charge in [-0.05, 0) is 68.9 Å². The van der Waals surface area contributed by atoms with Gasteiger partial charge >= 0.3 is 6.03 Å². The molecule has 1 heterocycles. The van der Waals surface area contributed by atoms with Gasteiger partial charge in [0.25, 0.3) is 5.91 Å². The van der Waals surface area contributed by atoms with Gasteiger partial charge in [-0.25, -0.2) is 4.79 Å². The number of amides is 3. The van der Waals surface area contributed by atoms with E-state index in [-0.39, 0.29) is 18.0 Å². The number of nitrogens with zero attached hydrogens (tertiary/aromatic N) is 1. The summed E-state index contributed by atoms with van der Waals surface area (Å²) >= 11 is 0. The normalized spacial score (nSPS) is 17.0. The molecule has 7 nitrogen and oxygen atoms in total. The van der Waals surface area contributed by atoms with Gasteiger partial charge in [0.05, 0.1) is 17.9 Å². The molecule has 1 saturated heterocycles. The second-order valence-electron chi connectivity index (χ2n) is 9.72. The topological polar surface area (TPSA) is 82.7 Å². The molecule has 0 bridgehead atoms. The molecule has 2 aliphatic rings. The number of urea groups is 1. The molecule has 35 heavy (non-hydrogen) atoms. The minimum absolute atomic E-state index is 0.0590. The maximum atomic E-state index is 13.4. The Morgan fingerprint density at radius 1 is 0.971 bits per heavy atom. The third kappa shape index (κ3) is 6.68. The first-order chi connectivity index (χ1) is 17.0. The van der Waals surface area contributed by atoms with Crippen molar-refractivity contribution in [3.63, 3.8) is 0 Å². The average molecular weight is 479 g/mol. The van der Waals surface area contributed by atoms with Crippen LogP contribution in [0.2, 0.25) is 0 Å². The van der Waals surface area contributed by atoms with E-state index >= 15 is 0 Å². The second kappa shape index (κ2) is 12.0. The number of piperidine rings is 1. The highest BCUT2D eigenvalue weighted by molar-refractivity contribution is 6.04. The molecule has 1 saturated carbocycles. The van der Waals surface area contributed by atoms with Crippen LogP contribution in [0.25, 0.3) is 0 Å². The largest absolute Gasteiger partial charge is 0.492 e. The van der Waals surface area contributed by atoms with Crippen molar-refractivity contribution < 1.29 is 14.3 Å². The Kier molecular flexibility index (Phi) is 8.50. The summed E-state index contributed by atoms with van der Waals surface area (Å²) in [4.78, 5) is 28.5. The third-order valence-corrected chi connectivity index (χ3v) is 7.00. The smallest absolute Gasteiger partial charge is 0.323 e. The Morgan fingerprint density at radius 2 is 1.71 bits per heavy atom. The van der Waals surface area contributed by atoms with Gasteiger partial charge in [0.1, 0.15) is 5.75 Å². The van der Waals surface area contributed by atoms with Crippen molar-refractivity contribution in [1.29, 1.82) is 0 Å². The lowest BCUT2D eigenvalue weighted by Gasteiger charge is -2.34. The number of hydrogen-bond acceptors (Lipinski definition) is 4. The maximum Gasteiger partial charge on any atom is 0.323 e. The van der Waals surface area contributed by atoms with E-state index in [0.29, 0.717) is 35.2 Å². The number of para-hydroxylation sites is 2. The molecule has 2 aromatic rings. The van der Waals surface area contributed by atoms with Crippen LogP contribution < -0.4 is 25.6 Å². The average Bonchev–Trinajstić information content (AvgIpc) is 2.86. The van der Waals surface area contributed by atoms with Gasteiger partial charge < -0.3 is 25.6 Å². The van der Waals surface area contributed by atoms with Crippen LogP contribution in [-0.4, -0.2) is 37.7 Å². The summed E-state index contributed by atoms with van der Waals surface area (Å²) < 4.78 is 5.60. The van der Waals surface area contributed by atoms with Crippen LogP contribution in [-0.2, 0) is 0 Å². The zero-order chi connectivity index (χ0) is 24.6. The molecule has 4 rings (SSSR count). The monoisotopic (exact) mass is 478 g/mol. The Hall–Kier alpha value is -3.22. The minimum atomic E-state index is -0.379. The van der Waals surface area contributed by atoms with Crippen molar-refractivity contribution in [3.8, 4) is 5.75 Å². The van der Waals surface area contributed by atoms with Gasteiger partial charge in [-0.15, -0.1) is 0 Å². The molecular weight excluding hydrogens is 440 g/mol. The molecule has 7 heteroatoms. The first-order valence-electron chi connectivity index (χ1n) is 13.0. The quantitative estimate of drug-likeness (QED) is 0.454. The number of hydrogen-bond donors (Lipinski definition) is 3. The standard InChI is InChI=1S/C28H38N4O3/c1-3-35-26-12-8-7-11-24(26)31-28(34)30-22-13-14-25(32-17-15-20(2)16-18-32)23(19-22)27(33)29-21-9-5-4-6-10-21/h7-8,11-14,19-21H,3-6,9-10,15-18H2,1-2H3,(H,29,33)(H2,30,31,34). The highest BCUT2D eigenvalue weighted by atomic mass is 16.5. The van der Waals surface area contributed by atoms with E-state index in [4.69, 9.17) is 4.74 Å². The van der Waals surface area contributed by atoms with Crippen LogP contribution in [0, 0.1) is 5.92 Å². The van der Waals surface area contributed by atoms with Crippen LogP contribution in [0.5, 0.6) is 5.75 Å². The third-order valence-electron chi connectivity index (χ3n) is 7.00. The van der Waals surface area contributed by atoms with E-state index in [1.165, 1.54) is 6.42 Å². The number of ether oxygens (including phenoxy) is 1. The lowest BCUT2D eigenvalue weighted by Crippen LogP contribution is -2.38. The van der Waals surface area contributed by atoms with Crippen molar-refractivity contribution in [2.75, 3.05) is 35.2 Å². The highest BCUT2D eigenvalue weighted by Gasteiger charge is 2.24. The molecule has 1 aliphatic heterocycles. The second-order valence-corrected chi connectivity index (χ2v) is 9.72. The molecule has 0 radical (unpaired) electrons. The minimum Gasteiger partial charge on any atom is -0.492 e. The summed E-state index contributed by atoms with van der Waals surface area (Å²) in [6.45, 7) is 6.57. The SMILES string of the molecule is CCOc1ccccc1NC(=O)Nc1ccc(N2CCC(C)CC2)c(C(=O)NC2CCCCC2)c1. The highest BCUT2D eigenvalue weighted by Crippen LogP contribution is 2.30. The summed E-state index contributed by atoms with van der Waals surface area (Å²) in [7, 11) is 0. The summed E-state index contributed by atoms with van der Waals surface area (Å²) in [6.07, 6.45) is 7.85. The number of carbonyl (C=O) groups is 2. The van der Waals surface area contributed by atoms with Crippen LogP contribution in [0.4, 0.5) is 21.9 Å². The Bertz CT molecular complexity index is 1010. The molecule has 0 atom stereocenters. The number of carbonyl (C=O) groups excluding carboxylic acids is 2. The predicted molar refractivity (Wildman–Crippen MR) is 142 cm³/mol. The molecule has 2 fully saturated rings. The van der Waals surface area contributed by atoms with Crippen molar-refractivity contribution in [3.05, 3.63) is 48.0 Å². The molecule has 0 spiro atoms. The van der Waals surface area contributed by atoms with E-state index in [1.807, 2.05) is 37.3 Å². The molecule has 188 valence electrons. The van der Waals surface area contributed by atoms with Gasteiger partial charge in [0, 0.05) is 30.5 Å². The fourth-order valence-electron chi connectivity index (χ4n) is 4.97. The lowest BCUT2D eigenvalue weighted by atomic mass is 9.95. The van der Waals surface area contributed by atoms with Gasteiger partial charge in [0.15, 0.2) is 0 Å². The Balaban J connectivity index is 1.52. The summed E-state index contributed by atoms with van der Waals surface area (Å²) in [5.74, 6) is 1.26. The van der Waals surface area contributed by atoms with E-state index in [2.05, 4.69) is 27.8 Å². The van der Waals surface area contributed by atoms with Gasteiger partial charge in [0.2, 0.25) is 0 Å². The van der Waals surface area contributed by atoms with Gasteiger partial charge in [-0.3, -0.25) is 4.79 Å². The van der Waals surface area contributed by atoms with Crippen LogP contribution in [0.1, 0.15) is 69.2 Å². The Labute approximate surface area is 208 Å². The summed E-state index contributed by atoms with van der Waals surface area (Å²) in [6, 6.07) is 12.8. The first-order valence-corrected chi connectivity index (χ1v) is 13.0. The first kappa shape index (κ1) is 24.9. The van der Waals surface area contributed by atoms with E-state index < -0.39 is 0 Å². The molecule has 3 amide bonds. The fraction of sp³-hybridized carbons (Fsp3) is 0.500. The van der Waals surface area contributed by atoms with Crippen LogP contribution >= 0.6 is 0 Å². The van der Waals surface area contributed by atoms with Crippen molar-refractivity contribution in [1.82, 2.24) is 5.32 Å². The number of benzene rings is 2. The van der Waals surface area contributed by atoms with Gasteiger partial charge in [-0.1, -0.05) is 38.3 Å². The maximum absolute atomic E-state index is 13.4. The van der Waals surface area contributed by atoms with Gasteiger partial charge in [-0.2, -0.15) is 0 Å².